The molecule has 0 spiro atoms. The van der Waals surface area contributed by atoms with Crippen LogP contribution in [0.5, 0.6) is 0 Å². The van der Waals surface area contributed by atoms with Gasteiger partial charge in [-0.3, -0.25) is 9.59 Å². The van der Waals surface area contributed by atoms with Crippen molar-refractivity contribution in [3.8, 4) is 0 Å². The van der Waals surface area contributed by atoms with E-state index in [1.807, 2.05) is 11.4 Å². The van der Waals surface area contributed by atoms with Crippen molar-refractivity contribution in [2.45, 2.75) is 51.7 Å². The molecular formula is C22H26N2O4S. The van der Waals surface area contributed by atoms with Gasteiger partial charge in [0.15, 0.2) is 6.10 Å². The van der Waals surface area contributed by atoms with E-state index in [4.69, 9.17) is 4.74 Å². The fourth-order valence-electron chi connectivity index (χ4n) is 3.40. The van der Waals surface area contributed by atoms with Gasteiger partial charge in [-0.15, -0.1) is 11.3 Å². The lowest BCUT2D eigenvalue weighted by atomic mass is 9.86. The molecule has 0 saturated heterocycles. The lowest BCUT2D eigenvalue weighted by molar-refractivity contribution is -0.130. The Balaban J connectivity index is 1.51. The summed E-state index contributed by atoms with van der Waals surface area (Å²) in [6.45, 7) is 3.72. The molecule has 2 aromatic rings. The monoisotopic (exact) mass is 414 g/mol. The first-order chi connectivity index (χ1) is 13.9. The van der Waals surface area contributed by atoms with Crippen LogP contribution >= 0.6 is 11.3 Å². The molecule has 0 aliphatic heterocycles. The van der Waals surface area contributed by atoms with Gasteiger partial charge in [-0.1, -0.05) is 25.8 Å². The molecule has 2 amide bonds. The molecule has 6 nitrogen and oxygen atoms in total. The minimum absolute atomic E-state index is 0.142. The van der Waals surface area contributed by atoms with E-state index in [9.17, 15) is 14.4 Å². The lowest BCUT2D eigenvalue weighted by Gasteiger charge is -2.30. The molecule has 2 N–H and O–H groups in total. The number of rotatable bonds is 6. The van der Waals surface area contributed by atoms with Gasteiger partial charge in [0.2, 0.25) is 0 Å². The maximum absolute atomic E-state index is 12.4. The van der Waals surface area contributed by atoms with Gasteiger partial charge in [0, 0.05) is 11.7 Å². The molecule has 3 rings (SSSR count). The van der Waals surface area contributed by atoms with E-state index in [0.29, 0.717) is 22.0 Å². The zero-order valence-corrected chi connectivity index (χ0v) is 17.5. The molecule has 1 aliphatic carbocycles. The minimum atomic E-state index is -0.866. The average Bonchev–Trinajstić information content (AvgIpc) is 3.25. The van der Waals surface area contributed by atoms with E-state index in [1.165, 1.54) is 17.8 Å². The Morgan fingerprint density at radius 2 is 1.83 bits per heavy atom. The van der Waals surface area contributed by atoms with Gasteiger partial charge in [-0.05, 0) is 61.4 Å². The smallest absolute Gasteiger partial charge is 0.338 e. The van der Waals surface area contributed by atoms with E-state index >= 15 is 0 Å². The molecule has 0 bridgehead atoms. The number of esters is 1. The molecule has 29 heavy (non-hydrogen) atoms. The Morgan fingerprint density at radius 3 is 2.48 bits per heavy atom. The fourth-order valence-corrected chi connectivity index (χ4v) is 4.02. The number of anilines is 1. The molecule has 154 valence electrons. The largest absolute Gasteiger partial charge is 0.449 e. The number of benzene rings is 1. The highest BCUT2D eigenvalue weighted by Crippen LogP contribution is 2.24. The number of carbonyl (C=O) groups excluding carboxylic acids is 3. The van der Waals surface area contributed by atoms with Gasteiger partial charge in [0.1, 0.15) is 0 Å². The first kappa shape index (κ1) is 21.0. The minimum Gasteiger partial charge on any atom is -0.449 e. The van der Waals surface area contributed by atoms with Crippen LogP contribution in [-0.4, -0.2) is 29.9 Å². The number of amides is 2. The van der Waals surface area contributed by atoms with Gasteiger partial charge >= 0.3 is 5.97 Å². The third-order valence-electron chi connectivity index (χ3n) is 5.22. The first-order valence-electron chi connectivity index (χ1n) is 9.90. The van der Waals surface area contributed by atoms with Crippen molar-refractivity contribution in [3.05, 3.63) is 52.2 Å². The number of hydrogen-bond acceptors (Lipinski definition) is 5. The van der Waals surface area contributed by atoms with Crippen LogP contribution < -0.4 is 10.6 Å². The van der Waals surface area contributed by atoms with E-state index < -0.39 is 12.1 Å². The van der Waals surface area contributed by atoms with Crippen molar-refractivity contribution >= 4 is 34.8 Å². The van der Waals surface area contributed by atoms with Gasteiger partial charge in [0.05, 0.1) is 10.4 Å². The molecule has 1 heterocycles. The second-order valence-corrected chi connectivity index (χ2v) is 8.38. The second-order valence-electron chi connectivity index (χ2n) is 7.43. The SMILES string of the molecule is C[C@H](OC(=O)c1ccc(NC(=O)c2cccs2)cc1)C(=O)N[C@@H]1CCCC[C@@H]1C. The Hall–Kier alpha value is -2.67. The third kappa shape index (κ3) is 5.67. The predicted molar refractivity (Wildman–Crippen MR) is 113 cm³/mol. The molecular weight excluding hydrogens is 388 g/mol. The summed E-state index contributed by atoms with van der Waals surface area (Å²) in [5, 5.41) is 7.61. The molecule has 1 saturated carbocycles. The number of carbonyl (C=O) groups is 3. The molecule has 1 aromatic carbocycles. The molecule has 1 aromatic heterocycles. The Morgan fingerprint density at radius 1 is 1.10 bits per heavy atom. The van der Waals surface area contributed by atoms with E-state index in [2.05, 4.69) is 17.6 Å². The topological polar surface area (TPSA) is 84.5 Å². The molecule has 7 heteroatoms. The highest BCUT2D eigenvalue weighted by Gasteiger charge is 2.26. The molecule has 1 fully saturated rings. The zero-order chi connectivity index (χ0) is 20.8. The fraction of sp³-hybridized carbons (Fsp3) is 0.409. The van der Waals surface area contributed by atoms with Crippen LogP contribution in [0.15, 0.2) is 41.8 Å². The predicted octanol–water partition coefficient (Wildman–Crippen LogP) is 4.24. The third-order valence-corrected chi connectivity index (χ3v) is 6.08. The van der Waals surface area contributed by atoms with Crippen LogP contribution in [0.1, 0.15) is 59.6 Å². The van der Waals surface area contributed by atoms with Crippen LogP contribution in [0.3, 0.4) is 0 Å². The van der Waals surface area contributed by atoms with Crippen molar-refractivity contribution < 1.29 is 19.1 Å². The standard InChI is InChI=1S/C22H26N2O4S/c1-14-6-3-4-7-18(14)24-20(25)15(2)28-22(27)16-9-11-17(12-10-16)23-21(26)19-8-5-13-29-19/h5,8-15,18H,3-4,6-7H2,1-2H3,(H,23,26)(H,24,25)/t14-,15-,18+/m0/s1. The van der Waals surface area contributed by atoms with Crippen LogP contribution in [0.4, 0.5) is 5.69 Å². The Bertz CT molecular complexity index is 848. The highest BCUT2D eigenvalue weighted by molar-refractivity contribution is 7.12. The normalized spacial score (nSPS) is 19.8. The van der Waals surface area contributed by atoms with Crippen molar-refractivity contribution in [1.82, 2.24) is 5.32 Å². The average molecular weight is 415 g/mol. The lowest BCUT2D eigenvalue weighted by Crippen LogP contribution is -2.45. The Kier molecular flexibility index (Phi) is 7.04. The quantitative estimate of drug-likeness (QED) is 0.693. The van der Waals surface area contributed by atoms with E-state index in [0.717, 1.165) is 19.3 Å². The number of ether oxygens (including phenoxy) is 1. The van der Waals surface area contributed by atoms with Gasteiger partial charge in [0.25, 0.3) is 11.8 Å². The number of thiophene rings is 1. The second kappa shape index (κ2) is 9.69. The highest BCUT2D eigenvalue weighted by atomic mass is 32.1. The maximum atomic E-state index is 12.4. The molecule has 3 atom stereocenters. The van der Waals surface area contributed by atoms with Crippen molar-refractivity contribution in [2.75, 3.05) is 5.32 Å². The summed E-state index contributed by atoms with van der Waals surface area (Å²) in [5.41, 5.74) is 0.904. The van der Waals surface area contributed by atoms with Crippen LogP contribution in [0.25, 0.3) is 0 Å². The Labute approximate surface area is 174 Å². The van der Waals surface area contributed by atoms with Crippen LogP contribution in [-0.2, 0) is 9.53 Å². The zero-order valence-electron chi connectivity index (χ0n) is 16.6. The summed E-state index contributed by atoms with van der Waals surface area (Å²) >= 11 is 1.36. The summed E-state index contributed by atoms with van der Waals surface area (Å²) in [7, 11) is 0. The van der Waals surface area contributed by atoms with Crippen LogP contribution in [0.2, 0.25) is 0 Å². The van der Waals surface area contributed by atoms with E-state index in [1.54, 1.807) is 37.3 Å². The number of hydrogen-bond donors (Lipinski definition) is 2. The summed E-state index contributed by atoms with van der Waals surface area (Å²) < 4.78 is 5.32. The molecule has 0 unspecified atom stereocenters. The van der Waals surface area contributed by atoms with E-state index in [-0.39, 0.29) is 17.9 Å². The number of nitrogens with one attached hydrogen (secondary N) is 2. The summed E-state index contributed by atoms with van der Waals surface area (Å²) in [4.78, 5) is 37.4. The molecule has 0 radical (unpaired) electrons. The van der Waals surface area contributed by atoms with Gasteiger partial charge in [-0.25, -0.2) is 4.79 Å². The maximum Gasteiger partial charge on any atom is 0.338 e. The van der Waals surface area contributed by atoms with Crippen molar-refractivity contribution in [3.63, 3.8) is 0 Å². The summed E-state index contributed by atoms with van der Waals surface area (Å²) in [6.07, 6.45) is 3.51. The van der Waals surface area contributed by atoms with Crippen LogP contribution in [0, 0.1) is 5.92 Å². The molecule has 1 aliphatic rings. The first-order valence-corrected chi connectivity index (χ1v) is 10.8. The summed E-state index contributed by atoms with van der Waals surface area (Å²) in [6, 6.07) is 10.1. The summed E-state index contributed by atoms with van der Waals surface area (Å²) in [5.74, 6) is -0.595. The van der Waals surface area contributed by atoms with Crippen molar-refractivity contribution in [1.29, 1.82) is 0 Å². The van der Waals surface area contributed by atoms with Gasteiger partial charge < -0.3 is 15.4 Å². The van der Waals surface area contributed by atoms with Crippen molar-refractivity contribution in [2.24, 2.45) is 5.92 Å². The van der Waals surface area contributed by atoms with Gasteiger partial charge in [-0.2, -0.15) is 0 Å².